The lowest BCUT2D eigenvalue weighted by Gasteiger charge is -2.10. The Hall–Kier alpha value is -2.64. The zero-order valence-electron chi connectivity index (χ0n) is 14.7. The highest BCUT2D eigenvalue weighted by molar-refractivity contribution is 7.18. The Morgan fingerprint density at radius 2 is 1.92 bits per heavy atom. The van der Waals surface area contributed by atoms with Crippen LogP contribution in [0.2, 0.25) is 0 Å². The lowest BCUT2D eigenvalue weighted by Crippen LogP contribution is -2.27. The van der Waals surface area contributed by atoms with E-state index < -0.39 is 0 Å². The number of carbonyl (C=O) groups excluding carboxylic acids is 1. The number of hydrogen-bond donors (Lipinski definition) is 1. The van der Waals surface area contributed by atoms with Gasteiger partial charge in [-0.25, -0.2) is 4.98 Å². The summed E-state index contributed by atoms with van der Waals surface area (Å²) in [6, 6.07) is 13.4. The van der Waals surface area contributed by atoms with Crippen LogP contribution in [0.25, 0.3) is 10.2 Å². The smallest absolute Gasteiger partial charge is 0.246 e. The van der Waals surface area contributed by atoms with Crippen LogP contribution in [0.5, 0.6) is 11.5 Å². The zero-order chi connectivity index (χ0) is 18.4. The molecular formula is C19H20N2O4S. The Morgan fingerprint density at radius 1 is 1.12 bits per heavy atom. The molecule has 0 bridgehead atoms. The minimum absolute atomic E-state index is 0.0107. The van der Waals surface area contributed by atoms with Crippen LogP contribution in [0, 0.1) is 0 Å². The fraction of sp³-hybridized carbons (Fsp3) is 0.263. The number of benzene rings is 2. The number of hydrogen-bond acceptors (Lipinski definition) is 6. The van der Waals surface area contributed by atoms with Gasteiger partial charge in [0.05, 0.1) is 31.0 Å². The third-order valence-electron chi connectivity index (χ3n) is 3.73. The maximum atomic E-state index is 11.9. The first-order valence-electron chi connectivity index (χ1n) is 8.09. The second kappa shape index (κ2) is 8.64. The molecule has 1 aromatic heterocycles. The van der Waals surface area contributed by atoms with E-state index in [0.29, 0.717) is 24.7 Å². The molecule has 1 N–H and O–H groups in total. The van der Waals surface area contributed by atoms with Gasteiger partial charge in [0, 0.05) is 6.54 Å². The van der Waals surface area contributed by atoms with E-state index >= 15 is 0 Å². The summed E-state index contributed by atoms with van der Waals surface area (Å²) in [7, 11) is 3.16. The first-order chi connectivity index (χ1) is 12.7. The van der Waals surface area contributed by atoms with Gasteiger partial charge in [-0.3, -0.25) is 4.79 Å². The van der Waals surface area contributed by atoms with E-state index in [1.165, 1.54) is 0 Å². The number of amides is 1. The fourth-order valence-electron chi connectivity index (χ4n) is 2.45. The number of ether oxygens (including phenoxy) is 3. The van der Waals surface area contributed by atoms with E-state index in [1.807, 2.05) is 42.5 Å². The molecule has 2 aromatic carbocycles. The van der Waals surface area contributed by atoms with Crippen molar-refractivity contribution in [3.63, 3.8) is 0 Å². The molecule has 3 rings (SSSR count). The van der Waals surface area contributed by atoms with Crippen LogP contribution >= 0.6 is 11.3 Å². The number of nitrogens with zero attached hydrogens (tertiary/aromatic N) is 1. The average Bonchev–Trinajstić information content (AvgIpc) is 3.08. The van der Waals surface area contributed by atoms with Crippen LogP contribution in [-0.4, -0.2) is 31.7 Å². The van der Waals surface area contributed by atoms with Crippen molar-refractivity contribution in [1.82, 2.24) is 10.3 Å². The average molecular weight is 372 g/mol. The molecule has 0 spiro atoms. The summed E-state index contributed by atoms with van der Waals surface area (Å²) < 4.78 is 17.0. The Kier molecular flexibility index (Phi) is 6.04. The summed E-state index contributed by atoms with van der Waals surface area (Å²) in [6.07, 6.45) is 0. The molecule has 1 amide bonds. The van der Waals surface area contributed by atoms with E-state index in [2.05, 4.69) is 10.3 Å². The third kappa shape index (κ3) is 4.50. The summed E-state index contributed by atoms with van der Waals surface area (Å²) >= 11 is 1.57. The van der Waals surface area contributed by atoms with Gasteiger partial charge in [0.25, 0.3) is 0 Å². The Bertz CT molecular complexity index is 861. The molecule has 0 fully saturated rings. The van der Waals surface area contributed by atoms with Crippen LogP contribution in [0.15, 0.2) is 42.5 Å². The van der Waals surface area contributed by atoms with Crippen LogP contribution < -0.4 is 14.8 Å². The highest BCUT2D eigenvalue weighted by Crippen LogP contribution is 2.27. The van der Waals surface area contributed by atoms with Crippen molar-refractivity contribution < 1.29 is 19.0 Å². The minimum atomic E-state index is -0.180. The topological polar surface area (TPSA) is 69.7 Å². The van der Waals surface area contributed by atoms with E-state index in [9.17, 15) is 4.79 Å². The number of carbonyl (C=O) groups is 1. The van der Waals surface area contributed by atoms with Gasteiger partial charge in [0.15, 0.2) is 11.5 Å². The Balaban J connectivity index is 1.45. The molecule has 26 heavy (non-hydrogen) atoms. The van der Waals surface area contributed by atoms with Crippen molar-refractivity contribution in [2.75, 3.05) is 20.8 Å². The molecule has 0 aliphatic rings. The van der Waals surface area contributed by atoms with Gasteiger partial charge in [-0.15, -0.1) is 11.3 Å². The standard InChI is InChI=1S/C19H20N2O4S/c1-23-15-8-7-13(9-16(15)24-2)10-20-18(22)11-25-12-19-21-14-5-3-4-6-17(14)26-19/h3-9H,10-12H2,1-2H3,(H,20,22). The van der Waals surface area contributed by atoms with Crippen molar-refractivity contribution in [3.8, 4) is 11.5 Å². The van der Waals surface area contributed by atoms with Crippen molar-refractivity contribution in [2.45, 2.75) is 13.2 Å². The number of aromatic nitrogens is 1. The molecule has 0 aliphatic carbocycles. The van der Waals surface area contributed by atoms with Gasteiger partial charge in [0.2, 0.25) is 5.91 Å². The lowest BCUT2D eigenvalue weighted by molar-refractivity contribution is -0.126. The van der Waals surface area contributed by atoms with Crippen molar-refractivity contribution >= 4 is 27.5 Å². The second-order valence-corrected chi connectivity index (χ2v) is 6.65. The van der Waals surface area contributed by atoms with Gasteiger partial charge in [-0.2, -0.15) is 0 Å². The van der Waals surface area contributed by atoms with E-state index in [0.717, 1.165) is 20.8 Å². The Morgan fingerprint density at radius 3 is 2.69 bits per heavy atom. The number of methoxy groups -OCH3 is 2. The third-order valence-corrected chi connectivity index (χ3v) is 4.74. The number of rotatable bonds is 8. The summed E-state index contributed by atoms with van der Waals surface area (Å²) in [5.41, 5.74) is 1.87. The molecule has 6 nitrogen and oxygen atoms in total. The van der Waals surface area contributed by atoms with Gasteiger partial charge >= 0.3 is 0 Å². The summed E-state index contributed by atoms with van der Waals surface area (Å²) in [4.78, 5) is 16.4. The molecule has 0 saturated carbocycles. The van der Waals surface area contributed by atoms with Crippen LogP contribution in [0.4, 0.5) is 0 Å². The molecule has 0 saturated heterocycles. The lowest BCUT2D eigenvalue weighted by atomic mass is 10.2. The predicted molar refractivity (Wildman–Crippen MR) is 101 cm³/mol. The predicted octanol–water partition coefficient (Wildman–Crippen LogP) is 3.15. The normalized spacial score (nSPS) is 10.7. The van der Waals surface area contributed by atoms with Gasteiger partial charge < -0.3 is 19.5 Å². The van der Waals surface area contributed by atoms with E-state index in [4.69, 9.17) is 14.2 Å². The zero-order valence-corrected chi connectivity index (χ0v) is 15.5. The monoisotopic (exact) mass is 372 g/mol. The highest BCUT2D eigenvalue weighted by atomic mass is 32.1. The first-order valence-corrected chi connectivity index (χ1v) is 8.91. The fourth-order valence-corrected chi connectivity index (χ4v) is 3.36. The van der Waals surface area contributed by atoms with Crippen LogP contribution in [0.3, 0.4) is 0 Å². The maximum absolute atomic E-state index is 11.9. The van der Waals surface area contributed by atoms with Crippen LogP contribution in [0.1, 0.15) is 10.6 Å². The first kappa shape index (κ1) is 18.2. The van der Waals surface area contributed by atoms with E-state index in [1.54, 1.807) is 25.6 Å². The van der Waals surface area contributed by atoms with Crippen molar-refractivity contribution in [1.29, 1.82) is 0 Å². The number of fused-ring (bicyclic) bond motifs is 1. The summed E-state index contributed by atoms with van der Waals surface area (Å²) in [6.45, 7) is 0.704. The Labute approximate surface area is 155 Å². The molecule has 0 radical (unpaired) electrons. The molecule has 1 heterocycles. The number of nitrogens with one attached hydrogen (secondary N) is 1. The van der Waals surface area contributed by atoms with Crippen molar-refractivity contribution in [3.05, 3.63) is 53.0 Å². The van der Waals surface area contributed by atoms with Gasteiger partial charge in [-0.1, -0.05) is 18.2 Å². The molecule has 0 atom stereocenters. The summed E-state index contributed by atoms with van der Waals surface area (Å²) in [5.74, 6) is 1.11. The maximum Gasteiger partial charge on any atom is 0.246 e. The summed E-state index contributed by atoms with van der Waals surface area (Å²) in [5, 5.41) is 3.68. The number of thiazole rings is 1. The highest BCUT2D eigenvalue weighted by Gasteiger charge is 2.08. The minimum Gasteiger partial charge on any atom is -0.493 e. The molecular weight excluding hydrogens is 352 g/mol. The molecule has 7 heteroatoms. The second-order valence-electron chi connectivity index (χ2n) is 5.53. The van der Waals surface area contributed by atoms with Crippen LogP contribution in [-0.2, 0) is 22.7 Å². The van der Waals surface area contributed by atoms with E-state index in [-0.39, 0.29) is 12.5 Å². The van der Waals surface area contributed by atoms with Gasteiger partial charge in [0.1, 0.15) is 11.6 Å². The number of para-hydroxylation sites is 1. The van der Waals surface area contributed by atoms with Crippen molar-refractivity contribution in [2.24, 2.45) is 0 Å². The quantitative estimate of drug-likeness (QED) is 0.658. The molecule has 3 aromatic rings. The molecule has 0 unspecified atom stereocenters. The van der Waals surface area contributed by atoms with Gasteiger partial charge in [-0.05, 0) is 29.8 Å². The largest absolute Gasteiger partial charge is 0.493 e. The molecule has 0 aliphatic heterocycles. The molecule has 136 valence electrons. The SMILES string of the molecule is COc1ccc(CNC(=O)COCc2nc3ccccc3s2)cc1OC.